The van der Waals surface area contributed by atoms with Gasteiger partial charge in [0.15, 0.2) is 5.82 Å². The number of carboxylic acids is 1. The third kappa shape index (κ3) is 3.70. The molecule has 1 N–H and O–H groups in total. The monoisotopic (exact) mass is 248 g/mol. The van der Waals surface area contributed by atoms with Gasteiger partial charge in [-0.3, -0.25) is 4.79 Å². The van der Waals surface area contributed by atoms with Crippen molar-refractivity contribution in [3.8, 4) is 6.07 Å². The highest BCUT2D eigenvalue weighted by molar-refractivity contribution is 5.66. The summed E-state index contributed by atoms with van der Waals surface area (Å²) in [5.74, 6) is -0.307. The zero-order valence-electron chi connectivity index (χ0n) is 10.5. The molecule has 0 fully saturated rings. The highest BCUT2D eigenvalue weighted by Crippen LogP contribution is 2.18. The molecule has 1 rings (SSSR count). The average molecular weight is 248 g/mol. The first-order valence-corrected chi connectivity index (χ1v) is 5.76. The lowest BCUT2D eigenvalue weighted by atomic mass is 10.2. The number of aliphatic carboxylic acids is 1. The second kappa shape index (κ2) is 6.55. The number of anilines is 1. The fraction of sp³-hybridized carbons (Fsp3) is 0.500. The van der Waals surface area contributed by atoms with Gasteiger partial charge in [-0.15, -0.1) is 5.10 Å². The summed E-state index contributed by atoms with van der Waals surface area (Å²) in [6.45, 7) is 4.48. The number of carbonyl (C=O) groups is 1. The van der Waals surface area contributed by atoms with E-state index in [0.29, 0.717) is 24.3 Å². The molecule has 0 saturated carbocycles. The number of nitrogens with zero attached hydrogens (tertiary/aromatic N) is 4. The van der Waals surface area contributed by atoms with E-state index >= 15 is 0 Å². The SMILES string of the molecule is CC(C)N(CCCC(=O)O)c1nnccc1C#N. The number of nitriles is 1. The van der Waals surface area contributed by atoms with Crippen molar-refractivity contribution in [1.82, 2.24) is 10.2 Å². The minimum atomic E-state index is -0.821. The smallest absolute Gasteiger partial charge is 0.303 e. The molecule has 0 spiro atoms. The summed E-state index contributed by atoms with van der Waals surface area (Å²) in [5, 5.41) is 25.4. The summed E-state index contributed by atoms with van der Waals surface area (Å²) in [6, 6.07) is 3.80. The fourth-order valence-electron chi connectivity index (χ4n) is 1.63. The number of rotatable bonds is 6. The van der Waals surface area contributed by atoms with Crippen molar-refractivity contribution in [2.45, 2.75) is 32.7 Å². The molecule has 0 aliphatic heterocycles. The Balaban J connectivity index is 2.84. The predicted octanol–water partition coefficient (Wildman–Crippen LogP) is 1.43. The Kier molecular flexibility index (Phi) is 5.06. The summed E-state index contributed by atoms with van der Waals surface area (Å²) < 4.78 is 0. The summed E-state index contributed by atoms with van der Waals surface area (Å²) in [4.78, 5) is 12.4. The van der Waals surface area contributed by atoms with Gasteiger partial charge in [0, 0.05) is 19.0 Å². The van der Waals surface area contributed by atoms with E-state index in [9.17, 15) is 4.79 Å². The maximum atomic E-state index is 10.5. The third-order valence-corrected chi connectivity index (χ3v) is 2.51. The zero-order chi connectivity index (χ0) is 13.5. The van der Waals surface area contributed by atoms with E-state index in [1.807, 2.05) is 18.7 Å². The molecule has 6 heteroatoms. The minimum absolute atomic E-state index is 0.103. The van der Waals surface area contributed by atoms with Crippen molar-refractivity contribution >= 4 is 11.8 Å². The highest BCUT2D eigenvalue weighted by Gasteiger charge is 2.16. The lowest BCUT2D eigenvalue weighted by molar-refractivity contribution is -0.137. The Morgan fingerprint density at radius 2 is 2.33 bits per heavy atom. The van der Waals surface area contributed by atoms with Crippen LogP contribution in [0.15, 0.2) is 12.3 Å². The van der Waals surface area contributed by atoms with E-state index in [4.69, 9.17) is 10.4 Å². The maximum absolute atomic E-state index is 10.5. The van der Waals surface area contributed by atoms with Crippen molar-refractivity contribution in [3.05, 3.63) is 17.8 Å². The van der Waals surface area contributed by atoms with Crippen LogP contribution in [0.4, 0.5) is 5.82 Å². The van der Waals surface area contributed by atoms with Gasteiger partial charge in [-0.25, -0.2) is 0 Å². The van der Waals surface area contributed by atoms with Crippen LogP contribution in [0.1, 0.15) is 32.3 Å². The number of hydrogen-bond acceptors (Lipinski definition) is 5. The molecule has 0 amide bonds. The molecular weight excluding hydrogens is 232 g/mol. The summed E-state index contributed by atoms with van der Waals surface area (Å²) in [5.41, 5.74) is 0.453. The standard InChI is InChI=1S/C12H16N4O2/c1-9(2)16(7-3-4-11(17)18)12-10(8-13)5-6-14-15-12/h5-6,9H,3-4,7H2,1-2H3,(H,17,18). The molecule has 0 bridgehead atoms. The van der Waals surface area contributed by atoms with Gasteiger partial charge in [0.25, 0.3) is 0 Å². The van der Waals surface area contributed by atoms with Crippen LogP contribution in [-0.4, -0.2) is 33.9 Å². The van der Waals surface area contributed by atoms with Crippen LogP contribution in [0.3, 0.4) is 0 Å². The zero-order valence-corrected chi connectivity index (χ0v) is 10.5. The van der Waals surface area contributed by atoms with E-state index in [-0.39, 0.29) is 12.5 Å². The molecule has 1 aromatic heterocycles. The molecule has 0 radical (unpaired) electrons. The summed E-state index contributed by atoms with van der Waals surface area (Å²) >= 11 is 0. The molecule has 0 aliphatic rings. The van der Waals surface area contributed by atoms with Crippen LogP contribution in [0.5, 0.6) is 0 Å². The van der Waals surface area contributed by atoms with Gasteiger partial charge < -0.3 is 10.0 Å². The van der Waals surface area contributed by atoms with E-state index in [1.165, 1.54) is 6.20 Å². The van der Waals surface area contributed by atoms with Crippen LogP contribution in [0, 0.1) is 11.3 Å². The Morgan fingerprint density at radius 1 is 1.61 bits per heavy atom. The predicted molar refractivity (Wildman–Crippen MR) is 66.1 cm³/mol. The Bertz CT molecular complexity index is 454. The normalized spacial score (nSPS) is 10.1. The fourth-order valence-corrected chi connectivity index (χ4v) is 1.63. The maximum Gasteiger partial charge on any atom is 0.303 e. The Morgan fingerprint density at radius 3 is 2.89 bits per heavy atom. The molecule has 18 heavy (non-hydrogen) atoms. The van der Waals surface area contributed by atoms with Gasteiger partial charge in [-0.2, -0.15) is 10.4 Å². The van der Waals surface area contributed by atoms with Gasteiger partial charge in [0.05, 0.1) is 11.8 Å². The third-order valence-electron chi connectivity index (χ3n) is 2.51. The van der Waals surface area contributed by atoms with Gasteiger partial charge in [0.1, 0.15) is 6.07 Å². The molecular formula is C12H16N4O2. The first kappa shape index (κ1) is 13.9. The topological polar surface area (TPSA) is 90.1 Å². The van der Waals surface area contributed by atoms with Gasteiger partial charge in [0.2, 0.25) is 0 Å². The van der Waals surface area contributed by atoms with Crippen LogP contribution in [0.25, 0.3) is 0 Å². The van der Waals surface area contributed by atoms with Crippen molar-refractivity contribution < 1.29 is 9.90 Å². The molecule has 0 aromatic carbocycles. The second-order valence-electron chi connectivity index (χ2n) is 4.16. The van der Waals surface area contributed by atoms with Crippen molar-refractivity contribution in [1.29, 1.82) is 5.26 Å². The molecule has 0 saturated heterocycles. The molecule has 0 aliphatic carbocycles. The van der Waals surface area contributed by atoms with E-state index in [2.05, 4.69) is 16.3 Å². The number of carboxylic acid groups (broad SMARTS) is 1. The van der Waals surface area contributed by atoms with Crippen LogP contribution in [0.2, 0.25) is 0 Å². The van der Waals surface area contributed by atoms with Gasteiger partial charge >= 0.3 is 5.97 Å². The molecule has 0 atom stereocenters. The highest BCUT2D eigenvalue weighted by atomic mass is 16.4. The van der Waals surface area contributed by atoms with Crippen LogP contribution in [-0.2, 0) is 4.79 Å². The number of aromatic nitrogens is 2. The van der Waals surface area contributed by atoms with Crippen LogP contribution >= 0.6 is 0 Å². The summed E-state index contributed by atoms with van der Waals surface area (Å²) in [7, 11) is 0. The van der Waals surface area contributed by atoms with Crippen molar-refractivity contribution in [2.24, 2.45) is 0 Å². The van der Waals surface area contributed by atoms with E-state index in [1.54, 1.807) is 6.07 Å². The van der Waals surface area contributed by atoms with Crippen LogP contribution < -0.4 is 4.90 Å². The molecule has 0 unspecified atom stereocenters. The first-order valence-electron chi connectivity index (χ1n) is 5.76. The lowest BCUT2D eigenvalue weighted by Gasteiger charge is -2.27. The average Bonchev–Trinajstić information content (AvgIpc) is 2.34. The molecule has 1 heterocycles. The molecule has 1 aromatic rings. The van der Waals surface area contributed by atoms with Crippen molar-refractivity contribution in [3.63, 3.8) is 0 Å². The summed E-state index contributed by atoms with van der Waals surface area (Å²) in [6.07, 6.45) is 2.08. The van der Waals surface area contributed by atoms with Gasteiger partial charge in [-0.1, -0.05) is 0 Å². The Labute approximate surface area is 106 Å². The quantitative estimate of drug-likeness (QED) is 0.819. The molecule has 6 nitrogen and oxygen atoms in total. The first-order chi connectivity index (χ1) is 8.56. The Hall–Kier alpha value is -2.16. The molecule has 96 valence electrons. The van der Waals surface area contributed by atoms with E-state index in [0.717, 1.165) is 0 Å². The van der Waals surface area contributed by atoms with Gasteiger partial charge in [-0.05, 0) is 26.3 Å². The number of hydrogen-bond donors (Lipinski definition) is 1. The second-order valence-corrected chi connectivity index (χ2v) is 4.16. The van der Waals surface area contributed by atoms with Crippen molar-refractivity contribution in [2.75, 3.05) is 11.4 Å². The largest absolute Gasteiger partial charge is 0.481 e. The lowest BCUT2D eigenvalue weighted by Crippen LogP contribution is -2.33. The van der Waals surface area contributed by atoms with E-state index < -0.39 is 5.97 Å². The minimum Gasteiger partial charge on any atom is -0.481 e.